The molecule has 3 N–H and O–H groups in total. The molecule has 0 atom stereocenters. The third-order valence-corrected chi connectivity index (χ3v) is 3.77. The highest BCUT2D eigenvalue weighted by molar-refractivity contribution is 7.92. The van der Waals surface area contributed by atoms with Crippen LogP contribution < -0.4 is 10.5 Å². The monoisotopic (exact) mass is 270 g/mol. The molecule has 0 aliphatic heterocycles. The number of hydrogen-bond donors (Lipinski definition) is 2. The fourth-order valence-electron chi connectivity index (χ4n) is 1.49. The number of anilines is 2. The van der Waals surface area contributed by atoms with Crippen LogP contribution in [0.5, 0.6) is 0 Å². The van der Waals surface area contributed by atoms with Gasteiger partial charge in [-0.1, -0.05) is 0 Å². The Morgan fingerprint density at radius 1 is 1.33 bits per heavy atom. The molecule has 1 heterocycles. The van der Waals surface area contributed by atoms with E-state index in [-0.39, 0.29) is 16.5 Å². The van der Waals surface area contributed by atoms with Crippen LogP contribution in [0.15, 0.2) is 35.6 Å². The lowest BCUT2D eigenvalue weighted by molar-refractivity contribution is 0.591. The van der Waals surface area contributed by atoms with Gasteiger partial charge < -0.3 is 10.3 Å². The second kappa shape index (κ2) is 4.30. The molecule has 0 aliphatic rings. The van der Waals surface area contributed by atoms with Crippen LogP contribution in [0.1, 0.15) is 0 Å². The number of nitrogens with two attached hydrogens (primary N) is 1. The van der Waals surface area contributed by atoms with Gasteiger partial charge in [0, 0.05) is 12.7 Å². The lowest BCUT2D eigenvalue weighted by Crippen LogP contribution is -2.17. The molecule has 0 amide bonds. The van der Waals surface area contributed by atoms with E-state index in [1.54, 1.807) is 0 Å². The van der Waals surface area contributed by atoms with E-state index in [2.05, 4.69) is 9.71 Å². The molecule has 8 heteroatoms. The molecular formula is C10H11FN4O2S. The molecule has 96 valence electrons. The van der Waals surface area contributed by atoms with Crippen molar-refractivity contribution in [2.45, 2.75) is 5.03 Å². The van der Waals surface area contributed by atoms with E-state index in [9.17, 15) is 12.8 Å². The van der Waals surface area contributed by atoms with E-state index in [1.165, 1.54) is 30.1 Å². The van der Waals surface area contributed by atoms with Gasteiger partial charge in [-0.3, -0.25) is 4.72 Å². The molecule has 2 aromatic rings. The van der Waals surface area contributed by atoms with Crippen LogP contribution >= 0.6 is 0 Å². The first kappa shape index (κ1) is 12.4. The maximum absolute atomic E-state index is 12.7. The zero-order valence-corrected chi connectivity index (χ0v) is 10.3. The average Bonchev–Trinajstić information content (AvgIpc) is 2.62. The Morgan fingerprint density at radius 2 is 1.94 bits per heavy atom. The van der Waals surface area contributed by atoms with Gasteiger partial charge in [-0.15, -0.1) is 0 Å². The van der Waals surface area contributed by atoms with Crippen molar-refractivity contribution in [3.8, 4) is 0 Å². The van der Waals surface area contributed by atoms with Gasteiger partial charge >= 0.3 is 0 Å². The van der Waals surface area contributed by atoms with Crippen molar-refractivity contribution in [3.63, 3.8) is 0 Å². The summed E-state index contributed by atoms with van der Waals surface area (Å²) in [5, 5.41) is -0.133. The number of sulfonamides is 1. The Kier molecular flexibility index (Phi) is 2.95. The maximum Gasteiger partial charge on any atom is 0.281 e. The van der Waals surface area contributed by atoms with Crippen LogP contribution in [0.25, 0.3) is 0 Å². The van der Waals surface area contributed by atoms with Crippen LogP contribution in [0.3, 0.4) is 0 Å². The van der Waals surface area contributed by atoms with Gasteiger partial charge in [0.05, 0.1) is 6.33 Å². The minimum absolute atomic E-state index is 0.0906. The predicted molar refractivity (Wildman–Crippen MR) is 64.8 cm³/mol. The second-order valence-electron chi connectivity index (χ2n) is 3.66. The normalized spacial score (nSPS) is 11.4. The number of benzene rings is 1. The van der Waals surface area contributed by atoms with Crippen LogP contribution in [-0.2, 0) is 17.1 Å². The molecular weight excluding hydrogens is 259 g/mol. The van der Waals surface area contributed by atoms with Crippen molar-refractivity contribution in [2.75, 3.05) is 10.5 Å². The van der Waals surface area contributed by atoms with Gasteiger partial charge in [-0.2, -0.15) is 8.42 Å². The van der Waals surface area contributed by atoms with E-state index in [0.717, 1.165) is 12.1 Å². The number of aryl methyl sites for hydroxylation is 1. The van der Waals surface area contributed by atoms with Gasteiger partial charge in [-0.05, 0) is 24.3 Å². The SMILES string of the molecule is Cn1cnc(N)c1S(=O)(=O)Nc1ccc(F)cc1. The lowest BCUT2D eigenvalue weighted by atomic mass is 10.3. The fraction of sp³-hybridized carbons (Fsp3) is 0.100. The third kappa shape index (κ3) is 2.28. The third-order valence-electron chi connectivity index (χ3n) is 2.26. The zero-order chi connectivity index (χ0) is 13.3. The number of nitrogens with zero attached hydrogens (tertiary/aromatic N) is 2. The van der Waals surface area contributed by atoms with Gasteiger partial charge in [-0.25, -0.2) is 9.37 Å². The smallest absolute Gasteiger partial charge is 0.281 e. The number of hydrogen-bond acceptors (Lipinski definition) is 4. The summed E-state index contributed by atoms with van der Waals surface area (Å²) in [5.74, 6) is -0.537. The van der Waals surface area contributed by atoms with E-state index in [0.29, 0.717) is 0 Å². The van der Waals surface area contributed by atoms with Crippen molar-refractivity contribution < 1.29 is 12.8 Å². The van der Waals surface area contributed by atoms with Crippen LogP contribution in [0.2, 0.25) is 0 Å². The van der Waals surface area contributed by atoms with Crippen LogP contribution in [-0.4, -0.2) is 18.0 Å². The average molecular weight is 270 g/mol. The molecule has 6 nitrogen and oxygen atoms in total. The van der Waals surface area contributed by atoms with Crippen LogP contribution in [0.4, 0.5) is 15.9 Å². The Morgan fingerprint density at radius 3 is 2.44 bits per heavy atom. The number of aromatic nitrogens is 2. The number of imidazole rings is 1. The van der Waals surface area contributed by atoms with E-state index >= 15 is 0 Å². The first-order valence-corrected chi connectivity index (χ1v) is 6.43. The van der Waals surface area contributed by atoms with Gasteiger partial charge in [0.2, 0.25) is 0 Å². The van der Waals surface area contributed by atoms with Crippen molar-refractivity contribution in [1.29, 1.82) is 0 Å². The molecule has 0 radical (unpaired) electrons. The molecule has 0 bridgehead atoms. The summed E-state index contributed by atoms with van der Waals surface area (Å²) in [6.07, 6.45) is 1.30. The molecule has 0 saturated heterocycles. The second-order valence-corrected chi connectivity index (χ2v) is 5.26. The van der Waals surface area contributed by atoms with Crippen molar-refractivity contribution >= 4 is 21.5 Å². The minimum Gasteiger partial charge on any atom is -0.381 e. The largest absolute Gasteiger partial charge is 0.381 e. The summed E-state index contributed by atoms with van der Waals surface area (Å²) in [6, 6.07) is 4.95. The summed E-state index contributed by atoms with van der Waals surface area (Å²) in [4.78, 5) is 3.70. The summed E-state index contributed by atoms with van der Waals surface area (Å²) in [6.45, 7) is 0. The highest BCUT2D eigenvalue weighted by atomic mass is 32.2. The topological polar surface area (TPSA) is 90.0 Å². The quantitative estimate of drug-likeness (QED) is 0.868. The Hall–Kier alpha value is -2.09. The van der Waals surface area contributed by atoms with Crippen molar-refractivity contribution in [3.05, 3.63) is 36.4 Å². The first-order chi connectivity index (χ1) is 8.40. The van der Waals surface area contributed by atoms with Gasteiger partial charge in [0.15, 0.2) is 10.8 Å². The standard InChI is InChI=1S/C10H11FN4O2S/c1-15-6-13-9(12)10(15)18(16,17)14-8-4-2-7(11)3-5-8/h2-6,14H,12H2,1H3. The lowest BCUT2D eigenvalue weighted by Gasteiger charge is -2.08. The van der Waals surface area contributed by atoms with E-state index in [4.69, 9.17) is 5.73 Å². The Bertz CT molecular complexity index is 644. The zero-order valence-electron chi connectivity index (χ0n) is 9.46. The summed E-state index contributed by atoms with van der Waals surface area (Å²) in [7, 11) is -2.32. The van der Waals surface area contributed by atoms with Gasteiger partial charge in [0.25, 0.3) is 10.0 Å². The minimum atomic E-state index is -3.84. The van der Waals surface area contributed by atoms with Gasteiger partial charge in [0.1, 0.15) is 5.82 Å². The molecule has 0 fully saturated rings. The first-order valence-electron chi connectivity index (χ1n) is 4.95. The van der Waals surface area contributed by atoms with E-state index in [1.807, 2.05) is 0 Å². The number of nitrogens with one attached hydrogen (secondary N) is 1. The molecule has 1 aromatic carbocycles. The molecule has 18 heavy (non-hydrogen) atoms. The summed E-state index contributed by atoms with van der Waals surface area (Å²) < 4.78 is 40.4. The highest BCUT2D eigenvalue weighted by Crippen LogP contribution is 2.19. The summed E-state index contributed by atoms with van der Waals surface area (Å²) in [5.41, 5.74) is 5.74. The predicted octanol–water partition coefficient (Wildman–Crippen LogP) is 0.942. The molecule has 0 spiro atoms. The molecule has 0 aliphatic carbocycles. The Balaban J connectivity index is 2.36. The maximum atomic E-state index is 12.7. The number of nitrogen functional groups attached to an aromatic ring is 1. The van der Waals surface area contributed by atoms with Crippen LogP contribution in [0, 0.1) is 5.82 Å². The number of halogens is 1. The van der Waals surface area contributed by atoms with E-state index < -0.39 is 15.8 Å². The molecule has 0 unspecified atom stereocenters. The molecule has 0 saturated carbocycles. The van der Waals surface area contributed by atoms with Crippen molar-refractivity contribution in [2.24, 2.45) is 7.05 Å². The summed E-state index contributed by atoms with van der Waals surface area (Å²) >= 11 is 0. The molecule has 2 rings (SSSR count). The fourth-order valence-corrected chi connectivity index (χ4v) is 2.78. The Labute approximate surface area is 103 Å². The van der Waals surface area contributed by atoms with Crippen molar-refractivity contribution in [1.82, 2.24) is 9.55 Å². The number of rotatable bonds is 3. The molecule has 1 aromatic heterocycles. The highest BCUT2D eigenvalue weighted by Gasteiger charge is 2.22.